The first kappa shape index (κ1) is 8.12. The summed E-state index contributed by atoms with van der Waals surface area (Å²) in [5.74, 6) is 1.92. The van der Waals surface area contributed by atoms with Crippen molar-refractivity contribution >= 4 is 16.8 Å². The van der Waals surface area contributed by atoms with Gasteiger partial charge < -0.3 is 0 Å². The van der Waals surface area contributed by atoms with Crippen molar-refractivity contribution in [1.29, 1.82) is 0 Å². The molecule has 0 unspecified atom stereocenters. The van der Waals surface area contributed by atoms with Gasteiger partial charge in [0.2, 0.25) is 0 Å². The third-order valence-corrected chi connectivity index (χ3v) is 2.95. The molecule has 0 spiro atoms. The van der Waals surface area contributed by atoms with Crippen LogP contribution in [0, 0.1) is 5.92 Å². The first-order valence-corrected chi connectivity index (χ1v) is 4.96. The summed E-state index contributed by atoms with van der Waals surface area (Å²) < 4.78 is 0. The minimum absolute atomic E-state index is 0.642. The average Bonchev–Trinajstić information content (AvgIpc) is 2.12. The molecule has 58 valence electrons. The van der Waals surface area contributed by atoms with E-state index in [1.807, 2.05) is 11.8 Å². The zero-order chi connectivity index (χ0) is 7.40. The Bertz CT molecular complexity index is 129. The van der Waals surface area contributed by atoms with E-state index in [9.17, 15) is 0 Å². The van der Waals surface area contributed by atoms with Crippen LogP contribution in [0.4, 0.5) is 0 Å². The van der Waals surface area contributed by atoms with Crippen molar-refractivity contribution in [3.63, 3.8) is 0 Å². The van der Waals surface area contributed by atoms with Gasteiger partial charge in [-0.25, -0.2) is 0 Å². The molecule has 2 heteroatoms. The standard InChI is InChI=1S/C8H15NS/c1-7(2)8-9-5-3-4-6-10-8/h7H,3-6H2,1-2H3. The first-order valence-electron chi connectivity index (χ1n) is 3.98. The molecule has 0 atom stereocenters. The maximum Gasteiger partial charge on any atom is 0.0701 e. The van der Waals surface area contributed by atoms with Crippen LogP contribution in [0.25, 0.3) is 0 Å². The van der Waals surface area contributed by atoms with Crippen molar-refractivity contribution < 1.29 is 0 Å². The van der Waals surface area contributed by atoms with Crippen molar-refractivity contribution in [3.05, 3.63) is 0 Å². The molecule has 0 amide bonds. The summed E-state index contributed by atoms with van der Waals surface area (Å²) in [4.78, 5) is 4.50. The summed E-state index contributed by atoms with van der Waals surface area (Å²) >= 11 is 1.94. The largest absolute Gasteiger partial charge is 0.283 e. The van der Waals surface area contributed by atoms with Crippen LogP contribution in [0.1, 0.15) is 26.7 Å². The number of thioether (sulfide) groups is 1. The lowest BCUT2D eigenvalue weighted by Crippen LogP contribution is -2.02. The molecule has 1 aliphatic heterocycles. The first-order chi connectivity index (χ1) is 4.80. The van der Waals surface area contributed by atoms with Crippen LogP contribution in [-0.2, 0) is 0 Å². The molecule has 0 N–H and O–H groups in total. The van der Waals surface area contributed by atoms with E-state index in [4.69, 9.17) is 0 Å². The van der Waals surface area contributed by atoms with Crippen LogP contribution in [0.15, 0.2) is 4.99 Å². The Hall–Kier alpha value is 0.0200. The number of aliphatic imine (C=N–C) groups is 1. The predicted octanol–water partition coefficient (Wildman–Crippen LogP) is 2.57. The van der Waals surface area contributed by atoms with Gasteiger partial charge in [0.25, 0.3) is 0 Å². The van der Waals surface area contributed by atoms with E-state index in [2.05, 4.69) is 18.8 Å². The lowest BCUT2D eigenvalue weighted by atomic mass is 10.2. The molecule has 0 fully saturated rings. The Kier molecular flexibility index (Phi) is 3.26. The molecule has 1 rings (SSSR count). The Morgan fingerprint density at radius 3 is 2.90 bits per heavy atom. The van der Waals surface area contributed by atoms with Gasteiger partial charge in [-0.3, -0.25) is 4.99 Å². The fraction of sp³-hybridized carbons (Fsp3) is 0.875. The zero-order valence-electron chi connectivity index (χ0n) is 6.76. The quantitative estimate of drug-likeness (QED) is 0.570. The molecule has 0 aromatic carbocycles. The zero-order valence-corrected chi connectivity index (χ0v) is 7.58. The second-order valence-corrected chi connectivity index (χ2v) is 4.05. The van der Waals surface area contributed by atoms with Crippen molar-refractivity contribution in [2.24, 2.45) is 10.9 Å². The minimum Gasteiger partial charge on any atom is -0.283 e. The Morgan fingerprint density at radius 1 is 1.40 bits per heavy atom. The second-order valence-electron chi connectivity index (χ2n) is 2.93. The Balaban J connectivity index is 2.46. The molecule has 0 radical (unpaired) electrons. The average molecular weight is 157 g/mol. The summed E-state index contributed by atoms with van der Waals surface area (Å²) in [5.41, 5.74) is 0. The highest BCUT2D eigenvalue weighted by molar-refractivity contribution is 8.13. The highest BCUT2D eigenvalue weighted by Gasteiger charge is 2.07. The lowest BCUT2D eigenvalue weighted by Gasteiger charge is -2.05. The predicted molar refractivity (Wildman–Crippen MR) is 48.8 cm³/mol. The monoisotopic (exact) mass is 157 g/mol. The van der Waals surface area contributed by atoms with Crippen LogP contribution >= 0.6 is 11.8 Å². The van der Waals surface area contributed by atoms with Crippen LogP contribution in [0.5, 0.6) is 0 Å². The molecule has 1 heterocycles. The van der Waals surface area contributed by atoms with Gasteiger partial charge in [-0.05, 0) is 18.6 Å². The molecule has 0 saturated heterocycles. The minimum atomic E-state index is 0.642. The van der Waals surface area contributed by atoms with E-state index < -0.39 is 0 Å². The molecular formula is C8H15NS. The van der Waals surface area contributed by atoms with Crippen molar-refractivity contribution in [1.82, 2.24) is 0 Å². The van der Waals surface area contributed by atoms with Gasteiger partial charge in [-0.15, -0.1) is 11.8 Å². The maximum absolute atomic E-state index is 4.50. The molecule has 10 heavy (non-hydrogen) atoms. The fourth-order valence-electron chi connectivity index (χ4n) is 0.975. The highest BCUT2D eigenvalue weighted by Crippen LogP contribution is 2.17. The number of hydrogen-bond acceptors (Lipinski definition) is 2. The molecule has 0 aromatic heterocycles. The number of nitrogens with zero attached hydrogens (tertiary/aromatic N) is 1. The van der Waals surface area contributed by atoms with Crippen LogP contribution in [0.3, 0.4) is 0 Å². The van der Waals surface area contributed by atoms with Crippen molar-refractivity contribution in [2.45, 2.75) is 26.7 Å². The third kappa shape index (κ3) is 2.33. The molecular weight excluding hydrogens is 142 g/mol. The molecule has 0 aromatic rings. The summed E-state index contributed by atoms with van der Waals surface area (Å²) in [7, 11) is 0. The molecule has 1 nitrogen and oxygen atoms in total. The van der Waals surface area contributed by atoms with Gasteiger partial charge in [-0.1, -0.05) is 13.8 Å². The number of rotatable bonds is 1. The highest BCUT2D eigenvalue weighted by atomic mass is 32.2. The van der Waals surface area contributed by atoms with E-state index in [0.717, 1.165) is 6.54 Å². The van der Waals surface area contributed by atoms with E-state index in [1.165, 1.54) is 23.6 Å². The molecule has 0 aliphatic carbocycles. The summed E-state index contributed by atoms with van der Waals surface area (Å²) in [5, 5.41) is 1.36. The van der Waals surface area contributed by atoms with Crippen molar-refractivity contribution in [2.75, 3.05) is 12.3 Å². The maximum atomic E-state index is 4.50. The lowest BCUT2D eigenvalue weighted by molar-refractivity contribution is 0.813. The van der Waals surface area contributed by atoms with E-state index in [-0.39, 0.29) is 0 Å². The molecule has 0 saturated carbocycles. The van der Waals surface area contributed by atoms with Crippen LogP contribution in [-0.4, -0.2) is 17.3 Å². The smallest absolute Gasteiger partial charge is 0.0701 e. The van der Waals surface area contributed by atoms with Gasteiger partial charge in [0.15, 0.2) is 0 Å². The van der Waals surface area contributed by atoms with E-state index >= 15 is 0 Å². The Labute approximate surface area is 67.3 Å². The second kappa shape index (κ2) is 4.02. The van der Waals surface area contributed by atoms with Gasteiger partial charge in [0.1, 0.15) is 0 Å². The van der Waals surface area contributed by atoms with Gasteiger partial charge in [0, 0.05) is 12.5 Å². The summed E-state index contributed by atoms with van der Waals surface area (Å²) in [6.07, 6.45) is 2.62. The number of hydrogen-bond donors (Lipinski definition) is 0. The normalized spacial score (nSPS) is 20.5. The van der Waals surface area contributed by atoms with Crippen LogP contribution < -0.4 is 0 Å². The molecule has 1 aliphatic rings. The summed E-state index contributed by atoms with van der Waals surface area (Å²) in [6, 6.07) is 0. The van der Waals surface area contributed by atoms with Crippen molar-refractivity contribution in [3.8, 4) is 0 Å². The topological polar surface area (TPSA) is 12.4 Å². The fourth-order valence-corrected chi connectivity index (χ4v) is 2.05. The SMILES string of the molecule is CC(C)C1=NCCCCS1. The van der Waals surface area contributed by atoms with Gasteiger partial charge in [-0.2, -0.15) is 0 Å². The van der Waals surface area contributed by atoms with E-state index in [0.29, 0.717) is 5.92 Å². The summed E-state index contributed by atoms with van der Waals surface area (Å²) in [6.45, 7) is 5.49. The molecule has 0 bridgehead atoms. The van der Waals surface area contributed by atoms with Gasteiger partial charge >= 0.3 is 0 Å². The van der Waals surface area contributed by atoms with Crippen LogP contribution in [0.2, 0.25) is 0 Å². The third-order valence-electron chi connectivity index (χ3n) is 1.56. The van der Waals surface area contributed by atoms with Gasteiger partial charge in [0.05, 0.1) is 5.04 Å². The van der Waals surface area contributed by atoms with E-state index in [1.54, 1.807) is 0 Å². The Morgan fingerprint density at radius 2 is 2.20 bits per heavy atom.